The average Bonchev–Trinajstić information content (AvgIpc) is 2.52. The molecule has 7 nitrogen and oxygen atoms in total. The summed E-state index contributed by atoms with van der Waals surface area (Å²) in [5, 5.41) is 47.7. The first-order chi connectivity index (χ1) is 11.4. The zero-order chi connectivity index (χ0) is 17.4. The number of aromatic hydroxyl groups is 4. The second-order valence-corrected chi connectivity index (χ2v) is 5.25. The number of aliphatic hydroxyl groups excluding tert-OH is 1. The molecule has 3 rings (SSSR count). The summed E-state index contributed by atoms with van der Waals surface area (Å²) in [5.74, 6) is -1.37. The van der Waals surface area contributed by atoms with Gasteiger partial charge in [-0.15, -0.1) is 0 Å². The van der Waals surface area contributed by atoms with Crippen molar-refractivity contribution < 1.29 is 29.9 Å². The van der Waals surface area contributed by atoms with Crippen molar-refractivity contribution in [2.24, 2.45) is 0 Å². The number of fused-ring (bicyclic) bond motifs is 1. The van der Waals surface area contributed by atoms with Gasteiger partial charge in [0.2, 0.25) is 0 Å². The van der Waals surface area contributed by atoms with E-state index < -0.39 is 16.9 Å². The minimum atomic E-state index is -0.551. The molecule has 2 aromatic carbocycles. The molecule has 0 bridgehead atoms. The first kappa shape index (κ1) is 15.7. The van der Waals surface area contributed by atoms with Crippen LogP contribution in [0.1, 0.15) is 5.56 Å². The summed E-state index contributed by atoms with van der Waals surface area (Å²) in [6.07, 6.45) is -0.0322. The number of hydrogen-bond donors (Lipinski definition) is 5. The SMILES string of the molecule is O=c1c(CCO)c(-c2ccc(O)c(O)c2)oc2cc(O)cc(O)c12. The first-order valence-electron chi connectivity index (χ1n) is 7.07. The van der Waals surface area contributed by atoms with Crippen molar-refractivity contribution in [1.29, 1.82) is 0 Å². The summed E-state index contributed by atoms with van der Waals surface area (Å²) >= 11 is 0. The molecule has 0 saturated heterocycles. The van der Waals surface area contributed by atoms with Crippen molar-refractivity contribution >= 4 is 11.0 Å². The van der Waals surface area contributed by atoms with Crippen molar-refractivity contribution in [2.75, 3.05) is 6.61 Å². The molecule has 0 radical (unpaired) electrons. The zero-order valence-corrected chi connectivity index (χ0v) is 12.4. The van der Waals surface area contributed by atoms with Gasteiger partial charge < -0.3 is 29.9 Å². The number of aliphatic hydroxyl groups is 1. The number of phenols is 4. The van der Waals surface area contributed by atoms with E-state index in [0.717, 1.165) is 6.07 Å². The Morgan fingerprint density at radius 1 is 0.917 bits per heavy atom. The maximum atomic E-state index is 12.7. The van der Waals surface area contributed by atoms with E-state index in [4.69, 9.17) is 4.42 Å². The number of rotatable bonds is 3. The van der Waals surface area contributed by atoms with Gasteiger partial charge >= 0.3 is 0 Å². The van der Waals surface area contributed by atoms with Crippen molar-refractivity contribution in [1.82, 2.24) is 0 Å². The summed E-state index contributed by atoms with van der Waals surface area (Å²) in [4.78, 5) is 12.7. The summed E-state index contributed by atoms with van der Waals surface area (Å²) in [6.45, 7) is -0.327. The lowest BCUT2D eigenvalue weighted by Gasteiger charge is -2.11. The van der Waals surface area contributed by atoms with Gasteiger partial charge in [-0.2, -0.15) is 0 Å². The molecule has 0 amide bonds. The Morgan fingerprint density at radius 3 is 2.33 bits per heavy atom. The third kappa shape index (κ3) is 2.50. The lowest BCUT2D eigenvalue weighted by atomic mass is 10.0. The summed E-state index contributed by atoms with van der Waals surface area (Å²) in [6, 6.07) is 6.08. The molecule has 0 aliphatic heterocycles. The van der Waals surface area contributed by atoms with Crippen LogP contribution in [0.3, 0.4) is 0 Å². The van der Waals surface area contributed by atoms with Crippen LogP contribution in [0, 0.1) is 0 Å². The van der Waals surface area contributed by atoms with Crippen LogP contribution in [0.5, 0.6) is 23.0 Å². The molecular weight excluding hydrogens is 316 g/mol. The van der Waals surface area contributed by atoms with Crippen LogP contribution in [0.25, 0.3) is 22.3 Å². The van der Waals surface area contributed by atoms with Gasteiger partial charge in [-0.1, -0.05) is 0 Å². The van der Waals surface area contributed by atoms with E-state index in [1.165, 1.54) is 24.3 Å². The van der Waals surface area contributed by atoms with E-state index in [0.29, 0.717) is 5.56 Å². The molecule has 24 heavy (non-hydrogen) atoms. The fourth-order valence-electron chi connectivity index (χ4n) is 2.56. The third-order valence-corrected chi connectivity index (χ3v) is 3.65. The molecule has 1 heterocycles. The van der Waals surface area contributed by atoms with Gasteiger partial charge in [0.15, 0.2) is 16.9 Å². The van der Waals surface area contributed by atoms with Gasteiger partial charge in [0.25, 0.3) is 0 Å². The van der Waals surface area contributed by atoms with Crippen molar-refractivity contribution in [2.45, 2.75) is 6.42 Å². The fraction of sp³-hybridized carbons (Fsp3) is 0.118. The second-order valence-electron chi connectivity index (χ2n) is 5.25. The van der Waals surface area contributed by atoms with E-state index in [2.05, 4.69) is 0 Å². The molecule has 7 heteroatoms. The second kappa shape index (κ2) is 5.78. The molecule has 0 spiro atoms. The normalized spacial score (nSPS) is 11.0. The molecule has 1 aromatic heterocycles. The number of benzene rings is 2. The largest absolute Gasteiger partial charge is 0.508 e. The molecule has 5 N–H and O–H groups in total. The summed E-state index contributed by atoms with van der Waals surface area (Å²) < 4.78 is 5.65. The first-order valence-corrected chi connectivity index (χ1v) is 7.07. The van der Waals surface area contributed by atoms with Crippen LogP contribution >= 0.6 is 0 Å². The smallest absolute Gasteiger partial charge is 0.200 e. The molecule has 0 unspecified atom stereocenters. The molecule has 0 fully saturated rings. The van der Waals surface area contributed by atoms with Crippen molar-refractivity contribution in [3.05, 3.63) is 46.1 Å². The van der Waals surface area contributed by atoms with Crippen molar-refractivity contribution in [3.63, 3.8) is 0 Å². The van der Waals surface area contributed by atoms with Gasteiger partial charge in [0, 0.05) is 36.3 Å². The van der Waals surface area contributed by atoms with Crippen LogP contribution in [0.4, 0.5) is 0 Å². The van der Waals surface area contributed by atoms with E-state index >= 15 is 0 Å². The topological polar surface area (TPSA) is 131 Å². The number of phenolic OH excluding ortho intramolecular Hbond substituents is 4. The minimum absolute atomic E-state index is 0.0322. The lowest BCUT2D eigenvalue weighted by Crippen LogP contribution is -2.13. The van der Waals surface area contributed by atoms with Crippen LogP contribution in [0.2, 0.25) is 0 Å². The predicted molar refractivity (Wildman–Crippen MR) is 85.4 cm³/mol. The zero-order valence-electron chi connectivity index (χ0n) is 12.4. The molecule has 0 saturated carbocycles. The van der Waals surface area contributed by atoms with E-state index in [1.54, 1.807) is 0 Å². The lowest BCUT2D eigenvalue weighted by molar-refractivity contribution is 0.298. The number of hydrogen-bond acceptors (Lipinski definition) is 7. The summed E-state index contributed by atoms with van der Waals surface area (Å²) in [5.41, 5.74) is -0.182. The molecule has 124 valence electrons. The molecule has 0 atom stereocenters. The highest BCUT2D eigenvalue weighted by molar-refractivity contribution is 5.87. The average molecular weight is 330 g/mol. The minimum Gasteiger partial charge on any atom is -0.508 e. The van der Waals surface area contributed by atoms with Crippen molar-refractivity contribution in [3.8, 4) is 34.3 Å². The van der Waals surface area contributed by atoms with Crippen LogP contribution in [-0.2, 0) is 6.42 Å². The highest BCUT2D eigenvalue weighted by atomic mass is 16.3. The Morgan fingerprint density at radius 2 is 1.67 bits per heavy atom. The maximum absolute atomic E-state index is 12.7. The Labute approximate surface area is 135 Å². The Hall–Kier alpha value is -3.19. The predicted octanol–water partition coefficient (Wildman–Crippen LogP) is 1.82. The monoisotopic (exact) mass is 330 g/mol. The third-order valence-electron chi connectivity index (χ3n) is 3.65. The molecule has 0 aliphatic carbocycles. The van der Waals surface area contributed by atoms with Gasteiger partial charge in [0.1, 0.15) is 28.2 Å². The van der Waals surface area contributed by atoms with Gasteiger partial charge in [-0.25, -0.2) is 0 Å². The van der Waals surface area contributed by atoms with Crippen LogP contribution in [-0.4, -0.2) is 32.1 Å². The van der Waals surface area contributed by atoms with Crippen LogP contribution < -0.4 is 5.43 Å². The van der Waals surface area contributed by atoms with Gasteiger partial charge in [-0.3, -0.25) is 4.79 Å². The molecule has 3 aromatic rings. The van der Waals surface area contributed by atoms with E-state index in [-0.39, 0.29) is 46.8 Å². The quantitative estimate of drug-likeness (QED) is 0.463. The Balaban J connectivity index is 2.39. The highest BCUT2D eigenvalue weighted by Crippen LogP contribution is 2.35. The highest BCUT2D eigenvalue weighted by Gasteiger charge is 2.19. The molecule has 0 aliphatic rings. The fourth-order valence-corrected chi connectivity index (χ4v) is 2.56. The molecular formula is C17H14O7. The maximum Gasteiger partial charge on any atom is 0.200 e. The standard InChI is InChI=1S/C17H14O7/c18-4-3-10-16(23)15-13(22)6-9(19)7-14(15)24-17(10)8-1-2-11(20)12(21)5-8/h1-2,5-7,18-22H,3-4H2. The summed E-state index contributed by atoms with van der Waals surface area (Å²) in [7, 11) is 0. The Kier molecular flexibility index (Phi) is 3.78. The van der Waals surface area contributed by atoms with Crippen LogP contribution in [0.15, 0.2) is 39.5 Å². The van der Waals surface area contributed by atoms with E-state index in [1.807, 2.05) is 0 Å². The Bertz CT molecular complexity index is 988. The van der Waals surface area contributed by atoms with E-state index in [9.17, 15) is 30.3 Å². The van der Waals surface area contributed by atoms with Gasteiger partial charge in [0.05, 0.1) is 0 Å². The van der Waals surface area contributed by atoms with Gasteiger partial charge in [-0.05, 0) is 18.2 Å².